The molecule has 0 spiro atoms. The molecular weight excluding hydrogens is 335 g/mol. The first kappa shape index (κ1) is 17.8. The molecule has 0 fully saturated rings. The molecule has 0 bridgehead atoms. The highest BCUT2D eigenvalue weighted by Crippen LogP contribution is 2.21. The van der Waals surface area contributed by atoms with Crippen LogP contribution < -0.4 is 5.32 Å². The first-order chi connectivity index (χ1) is 12.6. The van der Waals surface area contributed by atoms with E-state index in [1.807, 2.05) is 16.9 Å². The van der Waals surface area contributed by atoms with Crippen molar-refractivity contribution in [3.8, 4) is 11.3 Å². The minimum absolute atomic E-state index is 0.0427. The fourth-order valence-corrected chi connectivity index (χ4v) is 2.56. The van der Waals surface area contributed by atoms with Crippen LogP contribution in [0.1, 0.15) is 19.2 Å². The summed E-state index contributed by atoms with van der Waals surface area (Å²) >= 11 is 0. The Labute approximate surface area is 151 Å². The van der Waals surface area contributed by atoms with E-state index in [1.165, 1.54) is 12.1 Å². The molecule has 0 radical (unpaired) electrons. The van der Waals surface area contributed by atoms with Gasteiger partial charge < -0.3 is 9.73 Å². The van der Waals surface area contributed by atoms with Gasteiger partial charge in [0.1, 0.15) is 5.82 Å². The summed E-state index contributed by atoms with van der Waals surface area (Å²) < 4.78 is 20.4. The van der Waals surface area contributed by atoms with Crippen molar-refractivity contribution in [2.24, 2.45) is 5.92 Å². The van der Waals surface area contributed by atoms with Crippen molar-refractivity contribution in [2.45, 2.75) is 26.3 Å². The van der Waals surface area contributed by atoms with Crippen molar-refractivity contribution >= 4 is 5.91 Å². The summed E-state index contributed by atoms with van der Waals surface area (Å²) in [5, 5.41) is 7.07. The van der Waals surface area contributed by atoms with Crippen molar-refractivity contribution in [2.75, 3.05) is 6.54 Å². The number of hydrogen-bond acceptors (Lipinski definition) is 4. The third-order valence-electron chi connectivity index (χ3n) is 3.95. The molecule has 1 N–H and O–H groups in total. The Morgan fingerprint density at radius 1 is 1.35 bits per heavy atom. The van der Waals surface area contributed by atoms with Gasteiger partial charge in [0.25, 0.3) is 0 Å². The molecule has 2 heterocycles. The Kier molecular flexibility index (Phi) is 5.78. The molecule has 26 heavy (non-hydrogen) atoms. The van der Waals surface area contributed by atoms with Gasteiger partial charge in [-0.05, 0) is 36.2 Å². The molecule has 1 aromatic carbocycles. The van der Waals surface area contributed by atoms with Gasteiger partial charge in [-0.15, -0.1) is 0 Å². The highest BCUT2D eigenvalue weighted by molar-refractivity contribution is 5.76. The predicted octanol–water partition coefficient (Wildman–Crippen LogP) is 3.06. The number of carbonyl (C=O) groups is 1. The van der Waals surface area contributed by atoms with E-state index in [-0.39, 0.29) is 17.6 Å². The minimum atomic E-state index is -0.299. The smallest absolute Gasteiger partial charge is 0.220 e. The number of rotatable bonds is 8. The van der Waals surface area contributed by atoms with Crippen LogP contribution in [0.3, 0.4) is 0 Å². The van der Waals surface area contributed by atoms with Gasteiger partial charge in [0.05, 0.1) is 6.20 Å². The molecule has 1 atom stereocenters. The Morgan fingerprint density at radius 3 is 2.88 bits per heavy atom. The Morgan fingerprint density at radius 2 is 2.15 bits per heavy atom. The molecule has 1 unspecified atom stereocenters. The van der Waals surface area contributed by atoms with Crippen LogP contribution in [-0.2, 0) is 17.8 Å². The zero-order chi connectivity index (χ0) is 18.4. The first-order valence-corrected chi connectivity index (χ1v) is 8.55. The van der Waals surface area contributed by atoms with Gasteiger partial charge in [0.2, 0.25) is 5.91 Å². The molecule has 0 aliphatic carbocycles. The molecule has 0 aliphatic heterocycles. The SMILES string of the molecule is CC(CNC(=O)CCc1ncc(-c2ccc(F)cc2)o1)Cn1cccn1. The quantitative estimate of drug-likeness (QED) is 0.673. The highest BCUT2D eigenvalue weighted by Gasteiger charge is 2.10. The van der Waals surface area contributed by atoms with Crippen LogP contribution in [0.25, 0.3) is 11.3 Å². The molecule has 3 aromatic rings. The fraction of sp³-hybridized carbons (Fsp3) is 0.316. The predicted molar refractivity (Wildman–Crippen MR) is 94.6 cm³/mol. The fourth-order valence-electron chi connectivity index (χ4n) is 2.56. The summed E-state index contributed by atoms with van der Waals surface area (Å²) in [4.78, 5) is 16.2. The van der Waals surface area contributed by atoms with Gasteiger partial charge in [-0.1, -0.05) is 6.92 Å². The van der Waals surface area contributed by atoms with E-state index in [0.29, 0.717) is 31.0 Å². The molecule has 0 saturated carbocycles. The molecule has 7 heteroatoms. The van der Waals surface area contributed by atoms with Crippen LogP contribution in [0, 0.1) is 11.7 Å². The van der Waals surface area contributed by atoms with Crippen molar-refractivity contribution in [3.63, 3.8) is 0 Å². The number of carbonyl (C=O) groups excluding carboxylic acids is 1. The van der Waals surface area contributed by atoms with Crippen LogP contribution in [0.4, 0.5) is 4.39 Å². The average molecular weight is 356 g/mol. The summed E-state index contributed by atoms with van der Waals surface area (Å²) in [6.45, 7) is 3.41. The Hall–Kier alpha value is -2.96. The normalized spacial score (nSPS) is 12.1. The number of amides is 1. The largest absolute Gasteiger partial charge is 0.441 e. The standard InChI is InChI=1S/C19H21FN4O2/c1-14(13-24-10-2-9-23-24)11-21-18(25)7-8-19-22-12-17(26-19)15-3-5-16(20)6-4-15/h2-6,9-10,12,14H,7-8,11,13H2,1H3,(H,21,25). The number of aromatic nitrogens is 3. The topological polar surface area (TPSA) is 73.0 Å². The Balaban J connectivity index is 1.42. The van der Waals surface area contributed by atoms with Crippen molar-refractivity contribution in [3.05, 3.63) is 60.6 Å². The summed E-state index contributed by atoms with van der Waals surface area (Å²) in [5.74, 6) is 0.994. The van der Waals surface area contributed by atoms with E-state index < -0.39 is 0 Å². The minimum Gasteiger partial charge on any atom is -0.441 e. The van der Waals surface area contributed by atoms with E-state index >= 15 is 0 Å². The van der Waals surface area contributed by atoms with Crippen LogP contribution in [0.15, 0.2) is 53.3 Å². The van der Waals surface area contributed by atoms with E-state index in [2.05, 4.69) is 22.3 Å². The number of oxazole rings is 1. The van der Waals surface area contributed by atoms with E-state index in [0.717, 1.165) is 12.1 Å². The number of nitrogens with zero attached hydrogens (tertiary/aromatic N) is 3. The molecule has 0 aliphatic rings. The zero-order valence-corrected chi connectivity index (χ0v) is 14.6. The van der Waals surface area contributed by atoms with Gasteiger partial charge in [0.15, 0.2) is 11.7 Å². The van der Waals surface area contributed by atoms with Crippen LogP contribution in [0.5, 0.6) is 0 Å². The lowest BCUT2D eigenvalue weighted by Crippen LogP contribution is -2.30. The zero-order valence-electron chi connectivity index (χ0n) is 14.6. The average Bonchev–Trinajstić information content (AvgIpc) is 3.31. The number of aryl methyl sites for hydroxylation is 1. The third-order valence-corrected chi connectivity index (χ3v) is 3.95. The number of benzene rings is 1. The van der Waals surface area contributed by atoms with Gasteiger partial charge in [-0.25, -0.2) is 9.37 Å². The lowest BCUT2D eigenvalue weighted by Gasteiger charge is -2.12. The second-order valence-electron chi connectivity index (χ2n) is 6.26. The van der Waals surface area contributed by atoms with E-state index in [1.54, 1.807) is 24.5 Å². The van der Waals surface area contributed by atoms with Gasteiger partial charge >= 0.3 is 0 Å². The molecule has 2 aromatic heterocycles. The number of halogens is 1. The van der Waals surface area contributed by atoms with Gasteiger partial charge in [-0.3, -0.25) is 9.48 Å². The van der Waals surface area contributed by atoms with E-state index in [9.17, 15) is 9.18 Å². The van der Waals surface area contributed by atoms with Crippen molar-refractivity contribution in [1.82, 2.24) is 20.1 Å². The second kappa shape index (κ2) is 8.42. The van der Waals surface area contributed by atoms with Crippen LogP contribution in [0.2, 0.25) is 0 Å². The summed E-state index contributed by atoms with van der Waals surface area (Å²) in [7, 11) is 0. The monoisotopic (exact) mass is 356 g/mol. The third kappa shape index (κ3) is 5.02. The molecule has 0 saturated heterocycles. The second-order valence-corrected chi connectivity index (χ2v) is 6.26. The molecule has 6 nitrogen and oxygen atoms in total. The lowest BCUT2D eigenvalue weighted by molar-refractivity contribution is -0.121. The number of nitrogens with one attached hydrogen (secondary N) is 1. The maximum Gasteiger partial charge on any atom is 0.220 e. The Bertz CT molecular complexity index is 828. The molecule has 136 valence electrons. The highest BCUT2D eigenvalue weighted by atomic mass is 19.1. The molecule has 1 amide bonds. The summed E-state index contributed by atoms with van der Waals surface area (Å²) in [6.07, 6.45) is 5.95. The van der Waals surface area contributed by atoms with Gasteiger partial charge in [-0.2, -0.15) is 5.10 Å². The molecule has 3 rings (SSSR count). The van der Waals surface area contributed by atoms with E-state index in [4.69, 9.17) is 4.42 Å². The maximum absolute atomic E-state index is 13.0. The molecular formula is C19H21FN4O2. The summed E-state index contributed by atoms with van der Waals surface area (Å²) in [5.41, 5.74) is 0.752. The maximum atomic E-state index is 13.0. The first-order valence-electron chi connectivity index (χ1n) is 8.55. The lowest BCUT2D eigenvalue weighted by atomic mass is 10.2. The van der Waals surface area contributed by atoms with Gasteiger partial charge in [0, 0.05) is 43.9 Å². The summed E-state index contributed by atoms with van der Waals surface area (Å²) in [6, 6.07) is 7.88. The van der Waals surface area contributed by atoms with Crippen LogP contribution in [-0.4, -0.2) is 27.2 Å². The van der Waals surface area contributed by atoms with Crippen molar-refractivity contribution < 1.29 is 13.6 Å². The van der Waals surface area contributed by atoms with Crippen molar-refractivity contribution in [1.29, 1.82) is 0 Å². The van der Waals surface area contributed by atoms with Crippen LogP contribution >= 0.6 is 0 Å². The number of hydrogen-bond donors (Lipinski definition) is 1.